The Balaban J connectivity index is 2.74. The third kappa shape index (κ3) is 2.52. The van der Waals surface area contributed by atoms with Crippen LogP contribution in [-0.4, -0.2) is 11.0 Å². The van der Waals surface area contributed by atoms with Gasteiger partial charge in [0.25, 0.3) is 0 Å². The van der Waals surface area contributed by atoms with Crippen LogP contribution in [0, 0.1) is 0 Å². The fourth-order valence-electron chi connectivity index (χ4n) is 0.993. The predicted octanol–water partition coefficient (Wildman–Crippen LogP) is 1.96. The van der Waals surface area contributed by atoms with Crippen molar-refractivity contribution in [3.8, 4) is 0 Å². The van der Waals surface area contributed by atoms with Crippen LogP contribution in [0.5, 0.6) is 0 Å². The van der Waals surface area contributed by atoms with Gasteiger partial charge in [0.1, 0.15) is 0 Å². The number of halogens is 1. The standard InChI is InChI=1S/C9H11ClO/c10-5-4-8-2-1-3-9(6-8)7-11/h1-3,6,11H,4-5,7H2. The molecule has 0 saturated carbocycles. The lowest BCUT2D eigenvalue weighted by molar-refractivity contribution is 0.281. The summed E-state index contributed by atoms with van der Waals surface area (Å²) in [6.07, 6.45) is 0.870. The van der Waals surface area contributed by atoms with Crippen LogP contribution < -0.4 is 0 Å². The fourth-order valence-corrected chi connectivity index (χ4v) is 1.21. The van der Waals surface area contributed by atoms with Crippen molar-refractivity contribution in [2.45, 2.75) is 13.0 Å². The Labute approximate surface area is 71.6 Å². The monoisotopic (exact) mass is 170 g/mol. The van der Waals surface area contributed by atoms with Gasteiger partial charge in [0, 0.05) is 5.88 Å². The average Bonchev–Trinajstić information content (AvgIpc) is 2.06. The highest BCUT2D eigenvalue weighted by Crippen LogP contribution is 2.06. The van der Waals surface area contributed by atoms with E-state index in [1.807, 2.05) is 24.3 Å². The first-order valence-electron chi connectivity index (χ1n) is 3.61. The molecule has 0 fully saturated rings. The molecular formula is C9H11ClO. The second kappa shape index (κ2) is 4.37. The summed E-state index contributed by atoms with van der Waals surface area (Å²) in [6, 6.07) is 7.83. The van der Waals surface area contributed by atoms with Crippen LogP contribution in [0.2, 0.25) is 0 Å². The normalized spacial score (nSPS) is 10.0. The van der Waals surface area contributed by atoms with Crippen molar-refractivity contribution in [3.05, 3.63) is 35.4 Å². The molecule has 0 aliphatic rings. The van der Waals surface area contributed by atoms with E-state index in [1.54, 1.807) is 0 Å². The third-order valence-corrected chi connectivity index (χ3v) is 1.75. The summed E-state index contributed by atoms with van der Waals surface area (Å²) in [5.41, 5.74) is 2.14. The average molecular weight is 171 g/mol. The van der Waals surface area contributed by atoms with Crippen LogP contribution in [0.1, 0.15) is 11.1 Å². The molecule has 0 atom stereocenters. The highest BCUT2D eigenvalue weighted by Gasteiger charge is 1.93. The lowest BCUT2D eigenvalue weighted by Gasteiger charge is -1.99. The van der Waals surface area contributed by atoms with Gasteiger partial charge in [-0.3, -0.25) is 0 Å². The molecule has 1 nitrogen and oxygen atoms in total. The lowest BCUT2D eigenvalue weighted by atomic mass is 10.1. The van der Waals surface area contributed by atoms with Gasteiger partial charge in [0.15, 0.2) is 0 Å². The van der Waals surface area contributed by atoms with Crippen LogP contribution in [0.4, 0.5) is 0 Å². The Morgan fingerprint density at radius 2 is 2.00 bits per heavy atom. The first kappa shape index (κ1) is 8.57. The minimum absolute atomic E-state index is 0.107. The van der Waals surface area contributed by atoms with Crippen LogP contribution in [-0.2, 0) is 13.0 Å². The van der Waals surface area contributed by atoms with E-state index < -0.39 is 0 Å². The molecule has 0 heterocycles. The Hall–Kier alpha value is -0.530. The summed E-state index contributed by atoms with van der Waals surface area (Å²) in [6.45, 7) is 0.107. The maximum Gasteiger partial charge on any atom is 0.0681 e. The summed E-state index contributed by atoms with van der Waals surface area (Å²) in [4.78, 5) is 0. The van der Waals surface area contributed by atoms with Crippen molar-refractivity contribution < 1.29 is 5.11 Å². The van der Waals surface area contributed by atoms with Gasteiger partial charge < -0.3 is 5.11 Å². The number of hydrogen-bond acceptors (Lipinski definition) is 1. The first-order valence-corrected chi connectivity index (χ1v) is 4.15. The minimum atomic E-state index is 0.107. The maximum absolute atomic E-state index is 8.80. The van der Waals surface area contributed by atoms with Crippen molar-refractivity contribution in [2.24, 2.45) is 0 Å². The lowest BCUT2D eigenvalue weighted by Crippen LogP contribution is -1.88. The first-order chi connectivity index (χ1) is 5.36. The second-order valence-electron chi connectivity index (χ2n) is 2.42. The summed E-state index contributed by atoms with van der Waals surface area (Å²) < 4.78 is 0. The van der Waals surface area contributed by atoms with Gasteiger partial charge in [-0.15, -0.1) is 11.6 Å². The van der Waals surface area contributed by atoms with E-state index in [1.165, 1.54) is 5.56 Å². The topological polar surface area (TPSA) is 20.2 Å². The van der Waals surface area contributed by atoms with E-state index in [0.29, 0.717) is 5.88 Å². The van der Waals surface area contributed by atoms with E-state index in [9.17, 15) is 0 Å². The van der Waals surface area contributed by atoms with Crippen LogP contribution in [0.15, 0.2) is 24.3 Å². The molecule has 1 rings (SSSR count). The van der Waals surface area contributed by atoms with E-state index in [0.717, 1.165) is 12.0 Å². The quantitative estimate of drug-likeness (QED) is 0.688. The summed E-state index contributed by atoms with van der Waals surface area (Å²) >= 11 is 5.57. The van der Waals surface area contributed by atoms with Crippen LogP contribution >= 0.6 is 11.6 Å². The zero-order valence-electron chi connectivity index (χ0n) is 6.26. The molecule has 11 heavy (non-hydrogen) atoms. The van der Waals surface area contributed by atoms with Gasteiger partial charge in [0.2, 0.25) is 0 Å². The molecule has 1 aromatic carbocycles. The van der Waals surface area contributed by atoms with Crippen molar-refractivity contribution in [2.75, 3.05) is 5.88 Å². The maximum atomic E-state index is 8.80. The molecule has 1 aromatic rings. The van der Waals surface area contributed by atoms with Crippen molar-refractivity contribution >= 4 is 11.6 Å². The van der Waals surface area contributed by atoms with Crippen LogP contribution in [0.25, 0.3) is 0 Å². The van der Waals surface area contributed by atoms with Crippen LogP contribution in [0.3, 0.4) is 0 Å². The summed E-state index contributed by atoms with van der Waals surface area (Å²) in [5.74, 6) is 0.634. The molecule has 1 N–H and O–H groups in total. The molecule has 0 aliphatic heterocycles. The second-order valence-corrected chi connectivity index (χ2v) is 2.80. The Kier molecular flexibility index (Phi) is 3.40. The van der Waals surface area contributed by atoms with Gasteiger partial charge >= 0.3 is 0 Å². The molecule has 0 amide bonds. The van der Waals surface area contributed by atoms with Gasteiger partial charge in [-0.25, -0.2) is 0 Å². The SMILES string of the molecule is OCc1cccc(CCCl)c1. The molecule has 60 valence electrons. The van der Waals surface area contributed by atoms with E-state index in [-0.39, 0.29) is 6.61 Å². The Morgan fingerprint density at radius 1 is 1.27 bits per heavy atom. The molecule has 0 aliphatic carbocycles. The number of alkyl halides is 1. The van der Waals surface area contributed by atoms with Gasteiger partial charge in [-0.05, 0) is 17.5 Å². The van der Waals surface area contributed by atoms with E-state index in [2.05, 4.69) is 0 Å². The Morgan fingerprint density at radius 3 is 2.64 bits per heavy atom. The number of aliphatic hydroxyl groups excluding tert-OH is 1. The van der Waals surface area contributed by atoms with Crippen molar-refractivity contribution in [1.29, 1.82) is 0 Å². The zero-order chi connectivity index (χ0) is 8.10. The molecule has 0 radical (unpaired) electrons. The van der Waals surface area contributed by atoms with Crippen molar-refractivity contribution in [1.82, 2.24) is 0 Å². The number of aliphatic hydroxyl groups is 1. The third-order valence-electron chi connectivity index (χ3n) is 1.56. The highest BCUT2D eigenvalue weighted by molar-refractivity contribution is 6.17. The molecule has 2 heteroatoms. The predicted molar refractivity (Wildman–Crippen MR) is 46.8 cm³/mol. The summed E-state index contributed by atoms with van der Waals surface area (Å²) in [7, 11) is 0. The van der Waals surface area contributed by atoms with Gasteiger partial charge in [-0.2, -0.15) is 0 Å². The fraction of sp³-hybridized carbons (Fsp3) is 0.333. The number of hydrogen-bond donors (Lipinski definition) is 1. The molecule has 0 bridgehead atoms. The summed E-state index contributed by atoms with van der Waals surface area (Å²) in [5, 5.41) is 8.80. The van der Waals surface area contributed by atoms with E-state index >= 15 is 0 Å². The largest absolute Gasteiger partial charge is 0.392 e. The van der Waals surface area contributed by atoms with Gasteiger partial charge in [0.05, 0.1) is 6.61 Å². The smallest absolute Gasteiger partial charge is 0.0681 e. The number of rotatable bonds is 3. The zero-order valence-corrected chi connectivity index (χ0v) is 7.01. The molecule has 0 aromatic heterocycles. The van der Waals surface area contributed by atoms with Crippen molar-refractivity contribution in [3.63, 3.8) is 0 Å². The number of benzene rings is 1. The molecule has 0 saturated heterocycles. The molecular weight excluding hydrogens is 160 g/mol. The number of aryl methyl sites for hydroxylation is 1. The molecule has 0 spiro atoms. The minimum Gasteiger partial charge on any atom is -0.392 e. The van der Waals surface area contributed by atoms with E-state index in [4.69, 9.17) is 16.7 Å². The molecule has 0 unspecified atom stereocenters. The highest BCUT2D eigenvalue weighted by atomic mass is 35.5. The van der Waals surface area contributed by atoms with Gasteiger partial charge in [-0.1, -0.05) is 24.3 Å². The Bertz CT molecular complexity index is 223.